The van der Waals surface area contributed by atoms with Gasteiger partial charge in [0.15, 0.2) is 0 Å². The number of hydrogen-bond donors (Lipinski definition) is 0. The second-order valence-corrected chi connectivity index (χ2v) is 6.91. The average Bonchev–Trinajstić information content (AvgIpc) is 2.43. The van der Waals surface area contributed by atoms with Gasteiger partial charge < -0.3 is 0 Å². The maximum absolute atomic E-state index is 11.8. The van der Waals surface area contributed by atoms with Gasteiger partial charge in [0.05, 0.1) is 8.96 Å². The van der Waals surface area contributed by atoms with Crippen molar-refractivity contribution < 1.29 is 17.5 Å². The number of Topliss-reactive ketones (excluding diaryl/α,β-unsaturated/α-hetero) is 1. The molecule has 0 spiro atoms. The van der Waals surface area contributed by atoms with Crippen LogP contribution in [0.15, 0.2) is 61.5 Å². The number of carbonyl (C=O) groups is 1. The number of carbonyl (C=O) groups excluding carboxylic acids is 1. The van der Waals surface area contributed by atoms with Crippen molar-refractivity contribution in [2.24, 2.45) is 5.16 Å². The molecule has 0 fully saturated rings. The average molecular weight is 421 g/mol. The smallest absolute Gasteiger partial charge is 0.287 e. The molecule has 5 nitrogen and oxygen atoms in total. The zero-order valence-corrected chi connectivity index (χ0v) is 13.8. The first-order valence-corrected chi connectivity index (χ1v) is 8.25. The van der Waals surface area contributed by atoms with Crippen molar-refractivity contribution in [2.75, 3.05) is 0 Å². The molecule has 20 heavy (non-hydrogen) atoms. The van der Waals surface area contributed by atoms with Crippen LogP contribution in [-0.2, 0) is 19.2 Å². The van der Waals surface area contributed by atoms with Gasteiger partial charge in [0.25, 0.3) is 0 Å². The molecule has 8 heteroatoms. The Labute approximate surface area is 132 Å². The van der Waals surface area contributed by atoms with E-state index in [0.29, 0.717) is 0 Å². The lowest BCUT2D eigenvalue weighted by Gasteiger charge is -2.06. The molecule has 0 N–H and O–H groups in total. The van der Waals surface area contributed by atoms with Crippen LogP contribution in [0.4, 0.5) is 0 Å². The number of benzene rings is 1. The first-order valence-electron chi connectivity index (χ1n) is 5.26. The van der Waals surface area contributed by atoms with Gasteiger partial charge in [0.1, 0.15) is 10.6 Å². The molecular weight excluding hydrogens is 414 g/mol. The van der Waals surface area contributed by atoms with Gasteiger partial charge in [0.2, 0.25) is 5.78 Å². The SMILES string of the molecule is O=C1C(Br)=CC(=NOS(=O)(=O)c2ccccc2)C=C1Br. The number of ketones is 1. The van der Waals surface area contributed by atoms with Crippen LogP contribution in [0.5, 0.6) is 0 Å². The lowest BCUT2D eigenvalue weighted by Crippen LogP contribution is -2.09. The van der Waals surface area contributed by atoms with Crippen LogP contribution in [0.1, 0.15) is 0 Å². The van der Waals surface area contributed by atoms with Crippen LogP contribution in [-0.4, -0.2) is 19.9 Å². The van der Waals surface area contributed by atoms with E-state index in [1.165, 1.54) is 24.3 Å². The van der Waals surface area contributed by atoms with Crippen LogP contribution < -0.4 is 0 Å². The fourth-order valence-electron chi connectivity index (χ4n) is 1.32. The van der Waals surface area contributed by atoms with E-state index in [-0.39, 0.29) is 25.4 Å². The quantitative estimate of drug-likeness (QED) is 0.556. The van der Waals surface area contributed by atoms with Crippen molar-refractivity contribution in [1.29, 1.82) is 0 Å². The fraction of sp³-hybridized carbons (Fsp3) is 0. The molecule has 0 aromatic heterocycles. The van der Waals surface area contributed by atoms with Crippen molar-refractivity contribution in [3.8, 4) is 0 Å². The summed E-state index contributed by atoms with van der Waals surface area (Å²) in [6, 6.07) is 7.65. The number of halogens is 2. The molecule has 0 radical (unpaired) electrons. The highest BCUT2D eigenvalue weighted by atomic mass is 79.9. The maximum Gasteiger partial charge on any atom is 0.358 e. The predicted octanol–water partition coefficient (Wildman–Crippen LogP) is 2.89. The van der Waals surface area contributed by atoms with Crippen molar-refractivity contribution in [3.63, 3.8) is 0 Å². The van der Waals surface area contributed by atoms with Gasteiger partial charge in [-0.3, -0.25) is 9.08 Å². The third-order valence-electron chi connectivity index (χ3n) is 2.26. The molecule has 0 unspecified atom stereocenters. The van der Waals surface area contributed by atoms with Gasteiger partial charge in [-0.1, -0.05) is 23.4 Å². The van der Waals surface area contributed by atoms with Crippen LogP contribution in [0, 0.1) is 0 Å². The number of allylic oxidation sites excluding steroid dienone is 4. The maximum atomic E-state index is 11.8. The zero-order valence-electron chi connectivity index (χ0n) is 9.79. The van der Waals surface area contributed by atoms with Gasteiger partial charge >= 0.3 is 10.1 Å². The van der Waals surface area contributed by atoms with Crippen molar-refractivity contribution in [3.05, 3.63) is 51.4 Å². The third-order valence-corrected chi connectivity index (χ3v) is 4.55. The van der Waals surface area contributed by atoms with Crippen LogP contribution in [0.3, 0.4) is 0 Å². The van der Waals surface area contributed by atoms with E-state index in [4.69, 9.17) is 0 Å². The first kappa shape index (κ1) is 15.1. The monoisotopic (exact) mass is 419 g/mol. The summed E-state index contributed by atoms with van der Waals surface area (Å²) in [5, 5.41) is 3.53. The Morgan fingerprint density at radius 1 is 1.00 bits per heavy atom. The number of hydrogen-bond acceptors (Lipinski definition) is 5. The minimum atomic E-state index is -3.97. The van der Waals surface area contributed by atoms with E-state index in [1.807, 2.05) is 0 Å². The van der Waals surface area contributed by atoms with Crippen LogP contribution in [0.25, 0.3) is 0 Å². The summed E-state index contributed by atoms with van der Waals surface area (Å²) in [7, 11) is -3.97. The van der Waals surface area contributed by atoms with Crippen molar-refractivity contribution >= 4 is 53.5 Å². The Hall–Kier alpha value is -1.25. The normalized spacial score (nSPS) is 15.5. The second kappa shape index (κ2) is 6.02. The van der Waals surface area contributed by atoms with Gasteiger partial charge in [-0.25, -0.2) is 0 Å². The van der Waals surface area contributed by atoms with Gasteiger partial charge in [-0.2, -0.15) is 8.42 Å². The predicted molar refractivity (Wildman–Crippen MR) is 81.2 cm³/mol. The molecule has 1 aromatic carbocycles. The number of rotatable bonds is 3. The van der Waals surface area contributed by atoms with Crippen molar-refractivity contribution in [2.45, 2.75) is 4.90 Å². The summed E-state index contributed by atoms with van der Waals surface area (Å²) in [6.45, 7) is 0. The molecule has 0 bridgehead atoms. The molecule has 104 valence electrons. The summed E-state index contributed by atoms with van der Waals surface area (Å²) >= 11 is 6.11. The lowest BCUT2D eigenvalue weighted by atomic mass is 10.2. The highest BCUT2D eigenvalue weighted by Crippen LogP contribution is 2.22. The summed E-state index contributed by atoms with van der Waals surface area (Å²) < 4.78 is 28.8. The third kappa shape index (κ3) is 3.44. The van der Waals surface area contributed by atoms with Gasteiger partial charge in [0, 0.05) is 0 Å². The molecule has 0 amide bonds. The molecule has 0 aliphatic heterocycles. The van der Waals surface area contributed by atoms with Gasteiger partial charge in [-0.05, 0) is 56.1 Å². The molecule has 0 saturated heterocycles. The Kier molecular flexibility index (Phi) is 4.56. The van der Waals surface area contributed by atoms with E-state index in [2.05, 4.69) is 41.3 Å². The Bertz CT molecular complexity index is 712. The van der Waals surface area contributed by atoms with E-state index in [9.17, 15) is 13.2 Å². The topological polar surface area (TPSA) is 72.8 Å². The van der Waals surface area contributed by atoms with E-state index in [0.717, 1.165) is 0 Å². The molecule has 1 aliphatic rings. The minimum Gasteiger partial charge on any atom is -0.287 e. The summed E-state index contributed by atoms with van der Waals surface area (Å²) in [5.41, 5.74) is 0.197. The second-order valence-electron chi connectivity index (χ2n) is 3.67. The molecule has 1 aromatic rings. The standard InChI is InChI=1S/C12H7Br2NO4S/c13-10-6-8(7-11(14)12(10)16)15-19-20(17,18)9-4-2-1-3-5-9/h1-7H. The number of nitrogens with zero attached hydrogens (tertiary/aromatic N) is 1. The Balaban J connectivity index is 2.24. The summed E-state index contributed by atoms with van der Waals surface area (Å²) in [6.07, 6.45) is 2.74. The zero-order chi connectivity index (χ0) is 14.8. The minimum absolute atomic E-state index is 0.00215. The summed E-state index contributed by atoms with van der Waals surface area (Å²) in [5.74, 6) is -0.255. The molecule has 0 atom stereocenters. The largest absolute Gasteiger partial charge is 0.358 e. The molecule has 0 heterocycles. The summed E-state index contributed by atoms with van der Waals surface area (Å²) in [4.78, 5) is 11.5. The van der Waals surface area contributed by atoms with Crippen LogP contribution in [0.2, 0.25) is 0 Å². The van der Waals surface area contributed by atoms with Crippen molar-refractivity contribution in [1.82, 2.24) is 0 Å². The Morgan fingerprint density at radius 3 is 2.10 bits per heavy atom. The fourth-order valence-corrected chi connectivity index (χ4v) is 3.24. The van der Waals surface area contributed by atoms with Gasteiger partial charge in [-0.15, -0.1) is 0 Å². The highest BCUT2D eigenvalue weighted by Gasteiger charge is 2.19. The molecular formula is C12H7Br2NO4S. The van der Waals surface area contributed by atoms with E-state index < -0.39 is 10.1 Å². The molecule has 2 rings (SSSR count). The lowest BCUT2D eigenvalue weighted by molar-refractivity contribution is -0.110. The van der Waals surface area contributed by atoms with Crippen LogP contribution >= 0.6 is 31.9 Å². The molecule has 1 aliphatic carbocycles. The highest BCUT2D eigenvalue weighted by molar-refractivity contribution is 9.13. The number of oxime groups is 1. The first-order chi connectivity index (χ1) is 9.40. The van der Waals surface area contributed by atoms with E-state index in [1.54, 1.807) is 18.2 Å². The molecule has 0 saturated carbocycles. The van der Waals surface area contributed by atoms with E-state index >= 15 is 0 Å². The Morgan fingerprint density at radius 2 is 1.55 bits per heavy atom.